The molecule has 0 unspecified atom stereocenters. The van der Waals surface area contributed by atoms with Gasteiger partial charge in [0.1, 0.15) is 5.60 Å². The number of aromatic hydroxyl groups is 1. The molecule has 2 bridgehead atoms. The molecule has 3 heterocycles. The first-order valence-electron chi connectivity index (χ1n) is 13.0. The van der Waals surface area contributed by atoms with Crippen LogP contribution >= 0.6 is 0 Å². The van der Waals surface area contributed by atoms with Gasteiger partial charge in [-0.15, -0.1) is 0 Å². The number of rotatable bonds is 4. The Morgan fingerprint density at radius 3 is 2.88 bits per heavy atom. The maximum atomic E-state index is 11.0. The number of ether oxygens (including phenoxy) is 2. The van der Waals surface area contributed by atoms with Gasteiger partial charge in [0.05, 0.1) is 11.1 Å². The van der Waals surface area contributed by atoms with Crippen LogP contribution in [0.15, 0.2) is 36.4 Å². The first-order valence-corrected chi connectivity index (χ1v) is 13.0. The molecule has 1 aromatic heterocycles. The Bertz CT molecular complexity index is 1360. The van der Waals surface area contributed by atoms with E-state index in [0.29, 0.717) is 18.4 Å². The minimum absolute atomic E-state index is 0.255. The van der Waals surface area contributed by atoms with Crippen molar-refractivity contribution in [1.82, 2.24) is 9.88 Å². The third kappa shape index (κ3) is 2.04. The zero-order valence-electron chi connectivity index (χ0n) is 20.0. The van der Waals surface area contributed by atoms with Crippen LogP contribution < -0.4 is 4.74 Å². The molecule has 34 heavy (non-hydrogen) atoms. The van der Waals surface area contributed by atoms with Crippen molar-refractivity contribution in [3.8, 4) is 11.5 Å². The van der Waals surface area contributed by atoms with Crippen LogP contribution in [0.25, 0.3) is 10.9 Å². The fourth-order valence-corrected chi connectivity index (χ4v) is 8.59. The highest BCUT2D eigenvalue weighted by molar-refractivity contribution is 5.86. The minimum Gasteiger partial charge on any atom is -0.504 e. The van der Waals surface area contributed by atoms with Crippen molar-refractivity contribution in [3.05, 3.63) is 58.8 Å². The van der Waals surface area contributed by atoms with Crippen LogP contribution in [0.1, 0.15) is 55.5 Å². The number of fused-ring (bicyclic) bond motifs is 4. The van der Waals surface area contributed by atoms with Crippen LogP contribution in [-0.4, -0.2) is 46.3 Å². The molecule has 2 N–H and O–H groups in total. The highest BCUT2D eigenvalue weighted by Crippen LogP contribution is 2.72. The van der Waals surface area contributed by atoms with E-state index in [1.807, 2.05) is 6.07 Å². The monoisotopic (exact) mass is 456 g/mol. The molecule has 0 amide bonds. The standard InChI is InChI=1S/C29H32N2O3/c1-3-33-29-15-20-19-6-4-5-7-21(19)30-26(20)27(2)28(29)12-13-31(16-17-8-9-17)23(29)14-18-10-11-22(32)25(34-27)24(18)28/h4-7,10-11,17,23,30,32H,3,8-9,12-16H2,1-2H3/t23-,27-,28-,29+/m0/s1. The number of likely N-dealkylation sites (tertiary alicyclic amines) is 1. The number of hydrogen-bond acceptors (Lipinski definition) is 4. The number of nitrogens with one attached hydrogen (secondary N) is 1. The van der Waals surface area contributed by atoms with Crippen LogP contribution in [0.2, 0.25) is 0 Å². The van der Waals surface area contributed by atoms with E-state index in [-0.39, 0.29) is 11.2 Å². The van der Waals surface area contributed by atoms with E-state index in [9.17, 15) is 5.11 Å². The van der Waals surface area contributed by atoms with Gasteiger partial charge in [-0.25, -0.2) is 0 Å². The molecule has 3 aromatic rings. The summed E-state index contributed by atoms with van der Waals surface area (Å²) in [6, 6.07) is 12.9. The summed E-state index contributed by atoms with van der Waals surface area (Å²) in [4.78, 5) is 6.54. The van der Waals surface area contributed by atoms with Crippen LogP contribution in [-0.2, 0) is 28.6 Å². The van der Waals surface area contributed by atoms with Gasteiger partial charge in [-0.3, -0.25) is 4.90 Å². The van der Waals surface area contributed by atoms with E-state index in [0.717, 1.165) is 37.2 Å². The van der Waals surface area contributed by atoms with Crippen LogP contribution in [0, 0.1) is 5.92 Å². The number of phenols is 1. The average Bonchev–Trinajstić information content (AvgIpc) is 3.49. The molecule has 0 radical (unpaired) electrons. The minimum atomic E-state index is -0.630. The van der Waals surface area contributed by atoms with E-state index in [1.165, 1.54) is 47.2 Å². The lowest BCUT2D eigenvalue weighted by atomic mass is 9.45. The maximum Gasteiger partial charge on any atom is 0.166 e. The number of hydrogen-bond donors (Lipinski definition) is 2. The molecule has 8 rings (SSSR count). The fourth-order valence-electron chi connectivity index (χ4n) is 8.59. The van der Waals surface area contributed by atoms with Crippen molar-refractivity contribution in [2.24, 2.45) is 5.92 Å². The van der Waals surface area contributed by atoms with E-state index < -0.39 is 11.2 Å². The van der Waals surface area contributed by atoms with Crippen molar-refractivity contribution in [3.63, 3.8) is 0 Å². The normalized spacial score (nSPS) is 35.2. The summed E-state index contributed by atoms with van der Waals surface area (Å²) < 4.78 is 14.1. The topological polar surface area (TPSA) is 57.7 Å². The number of aromatic nitrogens is 1. The Kier molecular flexibility index (Phi) is 3.60. The van der Waals surface area contributed by atoms with Gasteiger partial charge in [0.2, 0.25) is 0 Å². The Morgan fingerprint density at radius 1 is 1.21 bits per heavy atom. The van der Waals surface area contributed by atoms with E-state index in [4.69, 9.17) is 9.47 Å². The third-order valence-electron chi connectivity index (χ3n) is 9.98. The third-order valence-corrected chi connectivity index (χ3v) is 9.98. The number of phenolic OH excluding ortho intramolecular Hbond substituents is 1. The second kappa shape index (κ2) is 6.19. The summed E-state index contributed by atoms with van der Waals surface area (Å²) in [7, 11) is 0. The Balaban J connectivity index is 1.47. The Hall–Kier alpha value is -2.50. The lowest BCUT2D eigenvalue weighted by molar-refractivity contribution is -0.224. The largest absolute Gasteiger partial charge is 0.504 e. The van der Waals surface area contributed by atoms with Gasteiger partial charge in [0.15, 0.2) is 17.1 Å². The average molecular weight is 457 g/mol. The van der Waals surface area contributed by atoms with Crippen molar-refractivity contribution >= 4 is 10.9 Å². The molecule has 3 aliphatic carbocycles. The molecule has 2 aromatic carbocycles. The summed E-state index contributed by atoms with van der Waals surface area (Å²) in [5.41, 5.74) is 4.84. The number of H-pyrrole nitrogens is 1. The van der Waals surface area contributed by atoms with Gasteiger partial charge in [-0.05, 0) is 75.3 Å². The molecule has 2 fully saturated rings. The smallest absolute Gasteiger partial charge is 0.166 e. The van der Waals surface area contributed by atoms with Gasteiger partial charge >= 0.3 is 0 Å². The summed E-state index contributed by atoms with van der Waals surface area (Å²) in [6.07, 6.45) is 5.52. The van der Waals surface area contributed by atoms with Gasteiger partial charge in [0, 0.05) is 42.1 Å². The number of piperidine rings is 1. The molecule has 2 aliphatic heterocycles. The first kappa shape index (κ1) is 19.8. The van der Waals surface area contributed by atoms with E-state index >= 15 is 0 Å². The van der Waals surface area contributed by atoms with E-state index in [2.05, 4.69) is 54.1 Å². The Morgan fingerprint density at radius 2 is 2.06 bits per heavy atom. The molecule has 5 heteroatoms. The summed E-state index contributed by atoms with van der Waals surface area (Å²) in [6.45, 7) is 7.30. The molecule has 1 saturated carbocycles. The van der Waals surface area contributed by atoms with Gasteiger partial charge in [-0.2, -0.15) is 0 Å². The van der Waals surface area contributed by atoms with Gasteiger partial charge in [-0.1, -0.05) is 24.3 Å². The van der Waals surface area contributed by atoms with Crippen LogP contribution in [0.3, 0.4) is 0 Å². The second-order valence-electron chi connectivity index (χ2n) is 11.4. The van der Waals surface area contributed by atoms with Gasteiger partial charge < -0.3 is 19.6 Å². The second-order valence-corrected chi connectivity index (χ2v) is 11.4. The lowest BCUT2D eigenvalue weighted by Crippen LogP contribution is -2.79. The van der Waals surface area contributed by atoms with Gasteiger partial charge in [0.25, 0.3) is 0 Å². The predicted molar refractivity (Wildman–Crippen MR) is 131 cm³/mol. The molecule has 4 atom stereocenters. The first-order chi connectivity index (χ1) is 16.5. The molecular formula is C29H32N2O3. The summed E-state index contributed by atoms with van der Waals surface area (Å²) in [5.74, 6) is 1.78. The molecule has 5 nitrogen and oxygen atoms in total. The molecule has 1 spiro atoms. The molecule has 1 saturated heterocycles. The summed E-state index contributed by atoms with van der Waals surface area (Å²) in [5, 5.41) is 12.3. The number of nitrogens with zero attached hydrogens (tertiary/aromatic N) is 1. The van der Waals surface area contributed by atoms with Crippen molar-refractivity contribution < 1.29 is 14.6 Å². The highest BCUT2D eigenvalue weighted by atomic mass is 16.5. The molecule has 176 valence electrons. The number of benzene rings is 2. The predicted octanol–water partition coefficient (Wildman–Crippen LogP) is 4.79. The zero-order chi connectivity index (χ0) is 22.9. The SMILES string of the molecule is CCO[C@@]12Cc3c([nH]c4ccccc34)[C@]3(C)Oc4c(O)ccc5c4[C@@]31CCN(CC1CC1)[C@H]2C5. The maximum absolute atomic E-state index is 11.0. The quantitative estimate of drug-likeness (QED) is 0.593. The van der Waals surface area contributed by atoms with Crippen molar-refractivity contribution in [1.29, 1.82) is 0 Å². The Labute approximate surface area is 200 Å². The van der Waals surface area contributed by atoms with Crippen LogP contribution in [0.4, 0.5) is 0 Å². The lowest BCUT2D eigenvalue weighted by Gasteiger charge is -2.67. The van der Waals surface area contributed by atoms with Crippen molar-refractivity contribution in [2.45, 2.75) is 68.6 Å². The zero-order valence-corrected chi connectivity index (χ0v) is 20.0. The number of para-hydroxylation sites is 1. The molecule has 5 aliphatic rings. The fraction of sp³-hybridized carbons (Fsp3) is 0.517. The highest BCUT2D eigenvalue weighted by Gasteiger charge is 2.78. The summed E-state index contributed by atoms with van der Waals surface area (Å²) >= 11 is 0. The van der Waals surface area contributed by atoms with E-state index in [1.54, 1.807) is 0 Å². The number of aromatic amines is 1. The van der Waals surface area contributed by atoms with Crippen LogP contribution in [0.5, 0.6) is 11.5 Å². The molecular weight excluding hydrogens is 424 g/mol. The van der Waals surface area contributed by atoms with Crippen molar-refractivity contribution in [2.75, 3.05) is 19.7 Å².